The highest BCUT2D eigenvalue weighted by atomic mass is 79.9. The molecular formula is C15H20BrNO2S. The van der Waals surface area contributed by atoms with Crippen LogP contribution in [0.3, 0.4) is 0 Å². The van der Waals surface area contributed by atoms with Crippen LogP contribution in [0.5, 0.6) is 0 Å². The number of aryl methyl sites for hydroxylation is 2. The Morgan fingerprint density at radius 2 is 2.25 bits per heavy atom. The first-order valence-corrected chi connectivity index (χ1v) is 9.30. The Hall–Kier alpha value is -0.390. The second-order valence-electron chi connectivity index (χ2n) is 5.52. The first-order chi connectivity index (χ1) is 9.78. The predicted molar refractivity (Wildman–Crippen MR) is 85.0 cm³/mol. The van der Waals surface area contributed by atoms with Crippen molar-refractivity contribution in [2.45, 2.75) is 38.2 Å². The summed E-state index contributed by atoms with van der Waals surface area (Å²) in [4.78, 5) is 16.9. The molecule has 1 aromatic rings. The highest BCUT2D eigenvalue weighted by Crippen LogP contribution is 2.30. The molecule has 1 aromatic heterocycles. The van der Waals surface area contributed by atoms with Crippen LogP contribution in [0.25, 0.3) is 0 Å². The molecule has 0 bridgehead atoms. The molecule has 1 saturated heterocycles. The van der Waals surface area contributed by atoms with Gasteiger partial charge in [0.1, 0.15) is 0 Å². The van der Waals surface area contributed by atoms with E-state index in [0.29, 0.717) is 19.7 Å². The standard InChI is InChI=1S/C15H20BrNO2S/c16-9-12-10-17(6-7-19-12)15(18)14-8-11-4-2-1-3-5-13(11)20-14/h8,12H,1-7,9-10H2. The number of nitrogens with zero attached hydrogens (tertiary/aromatic N) is 1. The van der Waals surface area contributed by atoms with E-state index in [1.54, 1.807) is 11.3 Å². The van der Waals surface area contributed by atoms with Crippen LogP contribution in [0.2, 0.25) is 0 Å². The zero-order valence-corrected chi connectivity index (χ0v) is 14.0. The number of amides is 1. The van der Waals surface area contributed by atoms with Crippen molar-refractivity contribution in [1.82, 2.24) is 4.90 Å². The summed E-state index contributed by atoms with van der Waals surface area (Å²) in [5.41, 5.74) is 1.42. The van der Waals surface area contributed by atoms with E-state index in [1.807, 2.05) is 4.90 Å². The van der Waals surface area contributed by atoms with E-state index in [1.165, 1.54) is 29.7 Å². The SMILES string of the molecule is O=C(c1cc2c(s1)CCCCC2)N1CCOC(CBr)C1. The molecule has 1 fully saturated rings. The molecule has 0 N–H and O–H groups in total. The third-order valence-corrected chi connectivity index (χ3v) is 6.00. The number of carbonyl (C=O) groups is 1. The minimum atomic E-state index is 0.130. The molecule has 3 nitrogen and oxygen atoms in total. The average Bonchev–Trinajstić information content (AvgIpc) is 2.77. The number of hydrogen-bond acceptors (Lipinski definition) is 3. The molecule has 0 saturated carbocycles. The van der Waals surface area contributed by atoms with E-state index >= 15 is 0 Å². The fourth-order valence-electron chi connectivity index (χ4n) is 2.93. The van der Waals surface area contributed by atoms with E-state index in [4.69, 9.17) is 4.74 Å². The van der Waals surface area contributed by atoms with Crippen molar-refractivity contribution in [2.75, 3.05) is 25.0 Å². The molecule has 0 radical (unpaired) electrons. The van der Waals surface area contributed by atoms with Gasteiger partial charge in [0.15, 0.2) is 0 Å². The van der Waals surface area contributed by atoms with Gasteiger partial charge in [0.25, 0.3) is 5.91 Å². The average molecular weight is 358 g/mol. The van der Waals surface area contributed by atoms with Crippen LogP contribution in [0.15, 0.2) is 6.07 Å². The van der Waals surface area contributed by atoms with Gasteiger partial charge >= 0.3 is 0 Å². The molecule has 5 heteroatoms. The highest BCUT2D eigenvalue weighted by Gasteiger charge is 2.26. The Morgan fingerprint density at radius 1 is 1.40 bits per heavy atom. The summed E-state index contributed by atoms with van der Waals surface area (Å²) < 4.78 is 5.60. The Labute approximate surface area is 132 Å². The predicted octanol–water partition coefficient (Wildman–Crippen LogP) is 3.25. The Bertz CT molecular complexity index is 465. The smallest absolute Gasteiger partial charge is 0.264 e. The van der Waals surface area contributed by atoms with Gasteiger partial charge in [-0.3, -0.25) is 4.79 Å². The number of carbonyl (C=O) groups excluding carboxylic acids is 1. The first kappa shape index (κ1) is 14.5. The number of alkyl halides is 1. The van der Waals surface area contributed by atoms with Gasteiger partial charge < -0.3 is 9.64 Å². The molecule has 2 heterocycles. The van der Waals surface area contributed by atoms with Gasteiger partial charge in [0.2, 0.25) is 0 Å². The maximum absolute atomic E-state index is 12.6. The number of fused-ring (bicyclic) bond motifs is 1. The summed E-state index contributed by atoms with van der Waals surface area (Å²) in [6, 6.07) is 2.15. The van der Waals surface area contributed by atoms with Gasteiger partial charge in [-0.05, 0) is 37.3 Å². The Kier molecular flexibility index (Phi) is 4.79. The Morgan fingerprint density at radius 3 is 3.10 bits per heavy atom. The van der Waals surface area contributed by atoms with E-state index in [2.05, 4.69) is 22.0 Å². The number of morpholine rings is 1. The normalized spacial score (nSPS) is 23.2. The minimum Gasteiger partial charge on any atom is -0.374 e. The number of halogens is 1. The van der Waals surface area contributed by atoms with Crippen LogP contribution >= 0.6 is 27.3 Å². The van der Waals surface area contributed by atoms with Crippen molar-refractivity contribution in [3.63, 3.8) is 0 Å². The zero-order chi connectivity index (χ0) is 13.9. The van der Waals surface area contributed by atoms with E-state index in [-0.39, 0.29) is 12.0 Å². The van der Waals surface area contributed by atoms with Crippen molar-refractivity contribution in [3.8, 4) is 0 Å². The zero-order valence-electron chi connectivity index (χ0n) is 11.6. The van der Waals surface area contributed by atoms with Gasteiger partial charge in [-0.2, -0.15) is 0 Å². The third-order valence-electron chi connectivity index (χ3n) is 4.06. The monoisotopic (exact) mass is 357 g/mol. The maximum Gasteiger partial charge on any atom is 0.264 e. The lowest BCUT2D eigenvalue weighted by Crippen LogP contribution is -2.46. The Balaban J connectivity index is 1.73. The molecule has 110 valence electrons. The summed E-state index contributed by atoms with van der Waals surface area (Å²) in [6.07, 6.45) is 6.28. The van der Waals surface area contributed by atoms with Gasteiger partial charge in [0, 0.05) is 23.3 Å². The molecule has 1 unspecified atom stereocenters. The lowest BCUT2D eigenvalue weighted by Gasteiger charge is -2.31. The summed E-state index contributed by atoms with van der Waals surface area (Å²) in [5.74, 6) is 0.192. The molecular weight excluding hydrogens is 338 g/mol. The number of ether oxygens (including phenoxy) is 1. The van der Waals surface area contributed by atoms with Crippen molar-refractivity contribution in [3.05, 3.63) is 21.4 Å². The van der Waals surface area contributed by atoms with Crippen LogP contribution in [0.1, 0.15) is 39.4 Å². The van der Waals surface area contributed by atoms with Gasteiger partial charge in [0.05, 0.1) is 17.6 Å². The molecule has 1 atom stereocenters. The van der Waals surface area contributed by atoms with Crippen LogP contribution in [0, 0.1) is 0 Å². The van der Waals surface area contributed by atoms with Crippen LogP contribution < -0.4 is 0 Å². The van der Waals surface area contributed by atoms with Crippen LogP contribution in [-0.2, 0) is 17.6 Å². The topological polar surface area (TPSA) is 29.5 Å². The largest absolute Gasteiger partial charge is 0.374 e. The second kappa shape index (κ2) is 6.58. The molecule has 2 aliphatic rings. The molecule has 1 aliphatic carbocycles. The van der Waals surface area contributed by atoms with Gasteiger partial charge in [-0.1, -0.05) is 22.4 Å². The number of thiophene rings is 1. The van der Waals surface area contributed by atoms with Crippen LogP contribution in [-0.4, -0.2) is 41.9 Å². The fraction of sp³-hybridized carbons (Fsp3) is 0.667. The maximum atomic E-state index is 12.6. The van der Waals surface area contributed by atoms with Crippen molar-refractivity contribution < 1.29 is 9.53 Å². The summed E-state index contributed by atoms with van der Waals surface area (Å²) >= 11 is 5.15. The minimum absolute atomic E-state index is 0.130. The quantitative estimate of drug-likeness (QED) is 0.600. The fourth-order valence-corrected chi connectivity index (χ4v) is 4.54. The number of hydrogen-bond donors (Lipinski definition) is 0. The van der Waals surface area contributed by atoms with Crippen molar-refractivity contribution >= 4 is 33.2 Å². The lowest BCUT2D eigenvalue weighted by molar-refractivity contribution is -0.00946. The molecule has 1 aliphatic heterocycles. The van der Waals surface area contributed by atoms with E-state index < -0.39 is 0 Å². The van der Waals surface area contributed by atoms with E-state index in [9.17, 15) is 4.79 Å². The van der Waals surface area contributed by atoms with Crippen LogP contribution in [0.4, 0.5) is 0 Å². The lowest BCUT2D eigenvalue weighted by atomic mass is 10.1. The van der Waals surface area contributed by atoms with Gasteiger partial charge in [-0.15, -0.1) is 11.3 Å². The molecule has 1 amide bonds. The van der Waals surface area contributed by atoms with Crippen molar-refractivity contribution in [2.24, 2.45) is 0 Å². The van der Waals surface area contributed by atoms with Gasteiger partial charge in [-0.25, -0.2) is 0 Å². The molecule has 20 heavy (non-hydrogen) atoms. The summed E-state index contributed by atoms with van der Waals surface area (Å²) in [5, 5.41) is 0.789. The molecule has 3 rings (SSSR count). The highest BCUT2D eigenvalue weighted by molar-refractivity contribution is 9.09. The molecule has 0 spiro atoms. The third kappa shape index (κ3) is 3.10. The van der Waals surface area contributed by atoms with E-state index in [0.717, 1.165) is 23.0 Å². The second-order valence-corrected chi connectivity index (χ2v) is 7.30. The first-order valence-electron chi connectivity index (χ1n) is 7.36. The molecule has 0 aromatic carbocycles. The summed E-state index contributed by atoms with van der Waals surface area (Å²) in [6.45, 7) is 2.06. The summed E-state index contributed by atoms with van der Waals surface area (Å²) in [7, 11) is 0. The number of rotatable bonds is 2. The van der Waals surface area contributed by atoms with Crippen molar-refractivity contribution in [1.29, 1.82) is 0 Å².